The molecule has 0 radical (unpaired) electrons. The molecule has 172 valence electrons. The molecule has 1 saturated heterocycles. The molecule has 0 amide bonds. The maximum absolute atomic E-state index is 12.6. The summed E-state index contributed by atoms with van der Waals surface area (Å²) in [6, 6.07) is 14.7. The molecular weight excluding hydrogens is 466 g/mol. The Bertz CT molecular complexity index is 1280. The lowest BCUT2D eigenvalue weighted by molar-refractivity contribution is 0.0474. The van der Waals surface area contributed by atoms with Crippen LogP contribution < -0.4 is 0 Å². The summed E-state index contributed by atoms with van der Waals surface area (Å²) < 4.78 is 33.3. The molecule has 0 saturated carbocycles. The van der Waals surface area contributed by atoms with Crippen LogP contribution in [-0.2, 0) is 14.8 Å². The van der Waals surface area contributed by atoms with Crippen LogP contribution in [0.15, 0.2) is 59.5 Å². The zero-order valence-electron chi connectivity index (χ0n) is 17.9. The molecule has 0 bridgehead atoms. The second kappa shape index (κ2) is 9.46. The van der Waals surface area contributed by atoms with E-state index in [4.69, 9.17) is 16.3 Å². The number of aromatic nitrogens is 2. The molecular formula is C23H22ClN3O5S. The number of hydrogen-bond donors (Lipinski definition) is 0. The van der Waals surface area contributed by atoms with Crippen molar-refractivity contribution in [3.63, 3.8) is 0 Å². The van der Waals surface area contributed by atoms with Gasteiger partial charge >= 0.3 is 5.97 Å². The molecule has 0 aliphatic carbocycles. The predicted octanol–water partition coefficient (Wildman–Crippen LogP) is 3.66. The number of Topliss-reactive ketones (excluding diaryl/α,β-unsaturated/α-hetero) is 1. The topological polar surface area (TPSA) is 98.6 Å². The first-order valence-electron chi connectivity index (χ1n) is 10.4. The summed E-state index contributed by atoms with van der Waals surface area (Å²) in [5, 5.41) is 4.38. The molecule has 0 N–H and O–H groups in total. The van der Waals surface area contributed by atoms with Gasteiger partial charge in [0.15, 0.2) is 12.4 Å². The van der Waals surface area contributed by atoms with Crippen LogP contribution in [0.2, 0.25) is 5.15 Å². The fourth-order valence-electron chi connectivity index (χ4n) is 3.65. The number of ether oxygens (including phenoxy) is 1. The molecule has 1 aromatic heterocycles. The number of benzene rings is 2. The lowest BCUT2D eigenvalue weighted by Gasteiger charge is -2.15. The van der Waals surface area contributed by atoms with Crippen molar-refractivity contribution in [2.45, 2.75) is 24.7 Å². The molecule has 10 heteroatoms. The van der Waals surface area contributed by atoms with E-state index in [1.165, 1.54) is 33.3 Å². The van der Waals surface area contributed by atoms with Crippen molar-refractivity contribution < 1.29 is 22.7 Å². The van der Waals surface area contributed by atoms with Crippen molar-refractivity contribution in [3.8, 4) is 5.69 Å². The van der Waals surface area contributed by atoms with Gasteiger partial charge < -0.3 is 4.74 Å². The normalized spacial score (nSPS) is 14.4. The van der Waals surface area contributed by atoms with Crippen molar-refractivity contribution in [2.75, 3.05) is 19.7 Å². The second-order valence-electron chi connectivity index (χ2n) is 7.63. The van der Waals surface area contributed by atoms with E-state index in [2.05, 4.69) is 5.10 Å². The van der Waals surface area contributed by atoms with E-state index >= 15 is 0 Å². The quantitative estimate of drug-likeness (QED) is 0.372. The number of carbonyl (C=O) groups is 2. The van der Waals surface area contributed by atoms with Gasteiger partial charge in [0.05, 0.1) is 16.3 Å². The number of nitrogens with zero attached hydrogens (tertiary/aromatic N) is 3. The molecule has 1 fully saturated rings. The van der Waals surface area contributed by atoms with Crippen molar-refractivity contribution in [1.29, 1.82) is 0 Å². The second-order valence-corrected chi connectivity index (χ2v) is 9.93. The third-order valence-corrected chi connectivity index (χ3v) is 7.68. The fourth-order valence-corrected chi connectivity index (χ4v) is 5.51. The molecule has 33 heavy (non-hydrogen) atoms. The van der Waals surface area contributed by atoms with Crippen LogP contribution in [0.4, 0.5) is 0 Å². The number of para-hydroxylation sites is 1. The van der Waals surface area contributed by atoms with Crippen molar-refractivity contribution in [1.82, 2.24) is 14.1 Å². The van der Waals surface area contributed by atoms with E-state index in [-0.39, 0.29) is 21.2 Å². The standard InChI is InChI=1S/C23H22ClN3O5S/c1-16-21(22(24)27(25-16)18-7-3-2-4-8-18)23(29)32-15-20(28)17-9-11-19(12-10-17)33(30,31)26-13-5-6-14-26/h2-4,7-12H,5-6,13-15H2,1H3. The molecule has 0 unspecified atom stereocenters. The summed E-state index contributed by atoms with van der Waals surface area (Å²) in [4.78, 5) is 25.2. The highest BCUT2D eigenvalue weighted by molar-refractivity contribution is 7.89. The zero-order chi connectivity index (χ0) is 23.6. The van der Waals surface area contributed by atoms with E-state index in [9.17, 15) is 18.0 Å². The third kappa shape index (κ3) is 4.71. The summed E-state index contributed by atoms with van der Waals surface area (Å²) in [6.07, 6.45) is 1.68. The van der Waals surface area contributed by atoms with Gasteiger partial charge in [-0.2, -0.15) is 9.40 Å². The number of sulfonamides is 1. The van der Waals surface area contributed by atoms with Crippen LogP contribution in [0.25, 0.3) is 5.69 Å². The van der Waals surface area contributed by atoms with Crippen LogP contribution in [0.5, 0.6) is 0 Å². The first kappa shape index (κ1) is 23.2. The minimum Gasteiger partial charge on any atom is -0.454 e. The van der Waals surface area contributed by atoms with Crippen LogP contribution in [0.3, 0.4) is 0 Å². The summed E-state index contributed by atoms with van der Waals surface area (Å²) in [7, 11) is -3.56. The van der Waals surface area contributed by atoms with E-state index in [0.29, 0.717) is 24.5 Å². The first-order chi connectivity index (χ1) is 15.8. The number of esters is 1. The summed E-state index contributed by atoms with van der Waals surface area (Å²) in [5.74, 6) is -1.22. The molecule has 2 aromatic carbocycles. The molecule has 2 heterocycles. The van der Waals surface area contributed by atoms with Crippen LogP contribution >= 0.6 is 11.6 Å². The highest BCUT2D eigenvalue weighted by Crippen LogP contribution is 2.25. The Balaban J connectivity index is 1.43. The molecule has 0 spiro atoms. The molecule has 8 nitrogen and oxygen atoms in total. The Hall–Kier alpha value is -3.01. The molecule has 1 aliphatic heterocycles. The van der Waals surface area contributed by atoms with Crippen molar-refractivity contribution in [3.05, 3.63) is 76.6 Å². The van der Waals surface area contributed by atoms with Gasteiger partial charge in [-0.25, -0.2) is 17.9 Å². The Morgan fingerprint density at radius 2 is 1.67 bits per heavy atom. The fraction of sp³-hybridized carbons (Fsp3) is 0.261. The lowest BCUT2D eigenvalue weighted by Crippen LogP contribution is -2.27. The number of aryl methyl sites for hydroxylation is 1. The Morgan fingerprint density at radius 1 is 1.03 bits per heavy atom. The molecule has 3 aromatic rings. The lowest BCUT2D eigenvalue weighted by atomic mass is 10.1. The maximum Gasteiger partial charge on any atom is 0.343 e. The van der Waals surface area contributed by atoms with Crippen LogP contribution in [-0.4, -0.2) is 54.0 Å². The van der Waals surface area contributed by atoms with Gasteiger partial charge in [-0.1, -0.05) is 29.8 Å². The predicted molar refractivity (Wildman–Crippen MR) is 122 cm³/mol. The summed E-state index contributed by atoms with van der Waals surface area (Å²) >= 11 is 6.36. The SMILES string of the molecule is Cc1nn(-c2ccccc2)c(Cl)c1C(=O)OCC(=O)c1ccc(S(=O)(=O)N2CCCC2)cc1. The highest BCUT2D eigenvalue weighted by Gasteiger charge is 2.27. The van der Waals surface area contributed by atoms with Crippen molar-refractivity contribution in [2.24, 2.45) is 0 Å². The van der Waals surface area contributed by atoms with Crippen LogP contribution in [0, 0.1) is 6.92 Å². The average Bonchev–Trinajstić information content (AvgIpc) is 3.47. The highest BCUT2D eigenvalue weighted by atomic mass is 35.5. The first-order valence-corrected chi connectivity index (χ1v) is 12.2. The number of halogens is 1. The third-order valence-electron chi connectivity index (χ3n) is 5.42. The van der Waals surface area contributed by atoms with Gasteiger partial charge in [-0.3, -0.25) is 4.79 Å². The average molecular weight is 488 g/mol. The van der Waals surface area contributed by atoms with Gasteiger partial charge in [0.1, 0.15) is 10.7 Å². The molecule has 4 rings (SSSR count). The molecule has 0 atom stereocenters. The number of carbonyl (C=O) groups excluding carboxylic acids is 2. The van der Waals surface area contributed by atoms with Gasteiger partial charge in [-0.15, -0.1) is 0 Å². The van der Waals surface area contributed by atoms with E-state index in [0.717, 1.165) is 12.8 Å². The van der Waals surface area contributed by atoms with E-state index in [1.807, 2.05) is 18.2 Å². The zero-order valence-corrected chi connectivity index (χ0v) is 19.5. The van der Waals surface area contributed by atoms with Gasteiger partial charge in [0.2, 0.25) is 10.0 Å². The summed E-state index contributed by atoms with van der Waals surface area (Å²) in [5.41, 5.74) is 1.38. The Morgan fingerprint density at radius 3 is 2.30 bits per heavy atom. The van der Waals surface area contributed by atoms with Gasteiger partial charge in [0.25, 0.3) is 0 Å². The number of rotatable bonds is 7. The largest absolute Gasteiger partial charge is 0.454 e. The number of ketones is 1. The monoisotopic (exact) mass is 487 g/mol. The maximum atomic E-state index is 12.6. The Labute approximate surface area is 196 Å². The van der Waals surface area contributed by atoms with E-state index in [1.54, 1.807) is 19.1 Å². The van der Waals surface area contributed by atoms with Gasteiger partial charge in [-0.05, 0) is 56.2 Å². The summed E-state index contributed by atoms with van der Waals surface area (Å²) in [6.45, 7) is 2.12. The minimum atomic E-state index is -3.56. The minimum absolute atomic E-state index is 0.0837. The number of hydrogen-bond acceptors (Lipinski definition) is 6. The molecule has 1 aliphatic rings. The Kier molecular flexibility index (Phi) is 6.64. The van der Waals surface area contributed by atoms with Crippen molar-refractivity contribution >= 4 is 33.4 Å². The van der Waals surface area contributed by atoms with Crippen LogP contribution in [0.1, 0.15) is 39.3 Å². The smallest absolute Gasteiger partial charge is 0.343 e. The van der Waals surface area contributed by atoms with Gasteiger partial charge in [0, 0.05) is 18.7 Å². The van der Waals surface area contributed by atoms with E-state index < -0.39 is 28.4 Å².